The minimum atomic E-state index is -3.52. The summed E-state index contributed by atoms with van der Waals surface area (Å²) in [6, 6.07) is 12.9. The first-order valence-electron chi connectivity index (χ1n) is 8.11. The molecule has 9 heteroatoms. The van der Waals surface area contributed by atoms with Crippen LogP contribution in [0.25, 0.3) is 11.4 Å². The van der Waals surface area contributed by atoms with Crippen molar-refractivity contribution in [2.45, 2.75) is 11.8 Å². The van der Waals surface area contributed by atoms with Gasteiger partial charge in [0.25, 0.3) is 5.91 Å². The highest BCUT2D eigenvalue weighted by atomic mass is 32.2. The van der Waals surface area contributed by atoms with Crippen molar-refractivity contribution in [3.05, 3.63) is 59.9 Å². The number of aromatic amines is 1. The fraction of sp³-hybridized carbons (Fsp3) is 0.167. The van der Waals surface area contributed by atoms with Gasteiger partial charge in [-0.1, -0.05) is 0 Å². The number of H-pyrrole nitrogens is 1. The van der Waals surface area contributed by atoms with E-state index in [-0.39, 0.29) is 10.8 Å². The zero-order valence-corrected chi connectivity index (χ0v) is 15.9. The van der Waals surface area contributed by atoms with E-state index in [0.29, 0.717) is 17.1 Å². The van der Waals surface area contributed by atoms with Crippen molar-refractivity contribution in [3.8, 4) is 11.4 Å². The van der Waals surface area contributed by atoms with Gasteiger partial charge < -0.3 is 5.32 Å². The van der Waals surface area contributed by atoms with Crippen LogP contribution in [0.15, 0.2) is 53.4 Å². The summed E-state index contributed by atoms with van der Waals surface area (Å²) in [4.78, 5) is 16.8. The maximum atomic E-state index is 12.4. The lowest BCUT2D eigenvalue weighted by molar-refractivity contribution is 0.102. The largest absolute Gasteiger partial charge is 0.322 e. The third-order valence-corrected chi connectivity index (χ3v) is 5.72. The lowest BCUT2D eigenvalue weighted by Gasteiger charge is -2.11. The number of aryl methyl sites for hydroxylation is 1. The topological polar surface area (TPSA) is 108 Å². The summed E-state index contributed by atoms with van der Waals surface area (Å²) in [6.07, 6.45) is 0. The molecule has 3 aromatic rings. The third kappa shape index (κ3) is 4.04. The molecule has 0 unspecified atom stereocenters. The third-order valence-electron chi connectivity index (χ3n) is 3.89. The maximum absolute atomic E-state index is 12.4. The fourth-order valence-corrected chi connectivity index (χ4v) is 3.27. The minimum Gasteiger partial charge on any atom is -0.322 e. The molecule has 8 nitrogen and oxygen atoms in total. The number of benzene rings is 2. The number of hydrogen-bond donors (Lipinski definition) is 2. The van der Waals surface area contributed by atoms with Gasteiger partial charge in [0.2, 0.25) is 10.0 Å². The van der Waals surface area contributed by atoms with E-state index >= 15 is 0 Å². The van der Waals surface area contributed by atoms with Crippen LogP contribution < -0.4 is 5.32 Å². The highest BCUT2D eigenvalue weighted by Gasteiger charge is 2.17. The van der Waals surface area contributed by atoms with Crippen molar-refractivity contribution in [2.24, 2.45) is 0 Å². The van der Waals surface area contributed by atoms with Gasteiger partial charge in [-0.2, -0.15) is 5.10 Å². The molecule has 0 bridgehead atoms. The van der Waals surface area contributed by atoms with E-state index in [2.05, 4.69) is 20.5 Å². The maximum Gasteiger partial charge on any atom is 0.255 e. The molecule has 1 heterocycles. The highest BCUT2D eigenvalue weighted by Crippen LogP contribution is 2.19. The number of sulfonamides is 1. The van der Waals surface area contributed by atoms with Crippen molar-refractivity contribution >= 4 is 21.6 Å². The van der Waals surface area contributed by atoms with Crippen molar-refractivity contribution < 1.29 is 13.2 Å². The number of hydrogen-bond acceptors (Lipinski definition) is 5. The summed E-state index contributed by atoms with van der Waals surface area (Å²) in [6.45, 7) is 1.82. The minimum absolute atomic E-state index is 0.134. The molecule has 0 fully saturated rings. The van der Waals surface area contributed by atoms with Crippen LogP contribution in [-0.2, 0) is 10.0 Å². The van der Waals surface area contributed by atoms with E-state index in [0.717, 1.165) is 15.7 Å². The van der Waals surface area contributed by atoms with Crippen LogP contribution in [0.1, 0.15) is 16.2 Å². The predicted octanol–water partition coefficient (Wildman–Crippen LogP) is 2.28. The van der Waals surface area contributed by atoms with Gasteiger partial charge in [0.05, 0.1) is 4.90 Å². The molecule has 1 aromatic heterocycles. The quantitative estimate of drug-likeness (QED) is 0.700. The Bertz CT molecular complexity index is 1060. The highest BCUT2D eigenvalue weighted by molar-refractivity contribution is 7.89. The lowest BCUT2D eigenvalue weighted by Crippen LogP contribution is -2.22. The number of nitrogens with zero attached hydrogens (tertiary/aromatic N) is 3. The van der Waals surface area contributed by atoms with Gasteiger partial charge >= 0.3 is 0 Å². The second kappa shape index (κ2) is 7.29. The molecule has 0 saturated carbocycles. The van der Waals surface area contributed by atoms with E-state index in [4.69, 9.17) is 0 Å². The molecule has 0 aliphatic rings. The number of carbonyl (C=O) groups excluding carboxylic acids is 1. The Labute approximate surface area is 157 Å². The van der Waals surface area contributed by atoms with Gasteiger partial charge in [-0.25, -0.2) is 17.7 Å². The first-order chi connectivity index (χ1) is 12.8. The van der Waals surface area contributed by atoms with E-state index in [9.17, 15) is 13.2 Å². The van der Waals surface area contributed by atoms with Crippen LogP contribution in [0.3, 0.4) is 0 Å². The Morgan fingerprint density at radius 1 is 1.04 bits per heavy atom. The number of aromatic nitrogens is 3. The summed E-state index contributed by atoms with van der Waals surface area (Å²) >= 11 is 0. The molecule has 27 heavy (non-hydrogen) atoms. The SMILES string of the molecule is Cc1nc(-c2ccc(NC(=O)c3ccc(S(=O)(=O)N(C)C)cc3)cc2)n[nH]1. The summed E-state index contributed by atoms with van der Waals surface area (Å²) in [5.41, 5.74) is 1.80. The van der Waals surface area contributed by atoms with Gasteiger partial charge in [0, 0.05) is 30.9 Å². The lowest BCUT2D eigenvalue weighted by atomic mass is 10.1. The van der Waals surface area contributed by atoms with Crippen molar-refractivity contribution in [1.82, 2.24) is 19.5 Å². The second-order valence-electron chi connectivity index (χ2n) is 6.09. The average Bonchev–Trinajstić information content (AvgIpc) is 3.08. The van der Waals surface area contributed by atoms with Crippen LogP contribution in [0, 0.1) is 6.92 Å². The van der Waals surface area contributed by atoms with Gasteiger partial charge in [0.15, 0.2) is 5.82 Å². The summed E-state index contributed by atoms with van der Waals surface area (Å²) in [7, 11) is -0.605. The molecule has 3 rings (SSSR count). The molecular formula is C18H19N5O3S. The Morgan fingerprint density at radius 3 is 2.19 bits per heavy atom. The number of rotatable bonds is 5. The molecule has 1 amide bonds. The molecule has 0 radical (unpaired) electrons. The summed E-state index contributed by atoms with van der Waals surface area (Å²) < 4.78 is 25.3. The van der Waals surface area contributed by atoms with Crippen LogP contribution in [0.2, 0.25) is 0 Å². The number of anilines is 1. The molecule has 0 aliphatic carbocycles. The van der Waals surface area contributed by atoms with E-state index in [1.807, 2.05) is 19.1 Å². The average molecular weight is 385 g/mol. The Balaban J connectivity index is 1.72. The van der Waals surface area contributed by atoms with Gasteiger partial charge in [-0.3, -0.25) is 9.89 Å². The van der Waals surface area contributed by atoms with Crippen LogP contribution >= 0.6 is 0 Å². The Morgan fingerprint density at radius 2 is 1.67 bits per heavy atom. The van der Waals surface area contributed by atoms with Crippen LogP contribution in [-0.4, -0.2) is 47.9 Å². The van der Waals surface area contributed by atoms with E-state index in [1.54, 1.807) is 12.1 Å². The molecule has 0 saturated heterocycles. The molecule has 2 aromatic carbocycles. The molecule has 140 valence electrons. The zero-order valence-electron chi connectivity index (χ0n) is 15.1. The van der Waals surface area contributed by atoms with Gasteiger partial charge in [-0.05, 0) is 55.5 Å². The molecular weight excluding hydrogens is 366 g/mol. The number of nitrogens with one attached hydrogen (secondary N) is 2. The monoisotopic (exact) mass is 385 g/mol. The second-order valence-corrected chi connectivity index (χ2v) is 8.24. The molecule has 0 spiro atoms. The van der Waals surface area contributed by atoms with Crippen molar-refractivity contribution in [1.29, 1.82) is 0 Å². The zero-order chi connectivity index (χ0) is 19.6. The first-order valence-corrected chi connectivity index (χ1v) is 9.55. The molecule has 2 N–H and O–H groups in total. The standard InChI is InChI=1S/C18H19N5O3S/c1-12-19-17(22-21-12)13-4-8-15(9-5-13)20-18(24)14-6-10-16(11-7-14)27(25,26)23(2)3/h4-11H,1-3H3,(H,20,24)(H,19,21,22). The number of carbonyl (C=O) groups is 1. The molecule has 0 aliphatic heterocycles. The molecule has 0 atom stereocenters. The van der Waals surface area contributed by atoms with Crippen molar-refractivity contribution in [3.63, 3.8) is 0 Å². The van der Waals surface area contributed by atoms with Crippen LogP contribution in [0.5, 0.6) is 0 Å². The summed E-state index contributed by atoms with van der Waals surface area (Å²) in [5.74, 6) is 0.982. The van der Waals surface area contributed by atoms with Crippen molar-refractivity contribution in [2.75, 3.05) is 19.4 Å². The fourth-order valence-electron chi connectivity index (χ4n) is 2.37. The number of amides is 1. The Kier molecular flexibility index (Phi) is 5.06. The van der Waals surface area contributed by atoms with E-state index < -0.39 is 10.0 Å². The van der Waals surface area contributed by atoms with Crippen LogP contribution in [0.4, 0.5) is 5.69 Å². The Hall–Kier alpha value is -3.04. The predicted molar refractivity (Wildman–Crippen MR) is 102 cm³/mol. The van der Waals surface area contributed by atoms with Gasteiger partial charge in [-0.15, -0.1) is 0 Å². The first kappa shape index (κ1) is 18.7. The smallest absolute Gasteiger partial charge is 0.255 e. The summed E-state index contributed by atoms with van der Waals surface area (Å²) in [5, 5.41) is 9.64. The normalized spacial score (nSPS) is 11.6. The van der Waals surface area contributed by atoms with Gasteiger partial charge in [0.1, 0.15) is 5.82 Å². The van der Waals surface area contributed by atoms with E-state index in [1.165, 1.54) is 38.4 Å².